The van der Waals surface area contributed by atoms with Crippen LogP contribution in [0.15, 0.2) is 24.3 Å². The quantitative estimate of drug-likeness (QED) is 0.731. The average Bonchev–Trinajstić information content (AvgIpc) is 2.44. The summed E-state index contributed by atoms with van der Waals surface area (Å²) in [5.74, 6) is -0.365. The standard InChI is InChI=1S/C15H21NO4/c1-15(2)14(18)16(9-11-7-5-4-6-8-11)12(10-20-15)13(17)19-3/h4-7,11-12H,8-10H2,1-3H3. The molecule has 1 amide bonds. The van der Waals surface area contributed by atoms with Crippen LogP contribution in [0.3, 0.4) is 0 Å². The number of esters is 1. The lowest BCUT2D eigenvalue weighted by Crippen LogP contribution is -2.61. The highest BCUT2D eigenvalue weighted by molar-refractivity contribution is 5.90. The van der Waals surface area contributed by atoms with E-state index in [0.29, 0.717) is 6.54 Å². The van der Waals surface area contributed by atoms with Gasteiger partial charge in [0.1, 0.15) is 5.60 Å². The first kappa shape index (κ1) is 14.8. The van der Waals surface area contributed by atoms with Gasteiger partial charge in [-0.2, -0.15) is 0 Å². The summed E-state index contributed by atoms with van der Waals surface area (Å²) in [5, 5.41) is 0. The molecule has 1 saturated heterocycles. The van der Waals surface area contributed by atoms with Crippen molar-refractivity contribution in [3.05, 3.63) is 24.3 Å². The normalized spacial score (nSPS) is 28.6. The SMILES string of the molecule is COC(=O)C1COC(C)(C)C(=O)N1CC1C=CC=CC1. The van der Waals surface area contributed by atoms with E-state index in [1.807, 2.05) is 12.2 Å². The zero-order chi connectivity index (χ0) is 14.8. The van der Waals surface area contributed by atoms with Crippen LogP contribution in [0.2, 0.25) is 0 Å². The third-order valence-corrected chi connectivity index (χ3v) is 3.73. The third kappa shape index (κ3) is 2.93. The molecule has 0 radical (unpaired) electrons. The van der Waals surface area contributed by atoms with Gasteiger partial charge in [-0.3, -0.25) is 4.79 Å². The number of hydrogen-bond donors (Lipinski definition) is 0. The van der Waals surface area contributed by atoms with Gasteiger partial charge in [-0.15, -0.1) is 0 Å². The maximum absolute atomic E-state index is 12.5. The molecule has 5 heteroatoms. The Kier molecular flexibility index (Phi) is 4.28. The summed E-state index contributed by atoms with van der Waals surface area (Å²) >= 11 is 0. The summed E-state index contributed by atoms with van der Waals surface area (Å²) in [6.45, 7) is 4.14. The lowest BCUT2D eigenvalue weighted by Gasteiger charge is -2.42. The van der Waals surface area contributed by atoms with Crippen LogP contribution in [-0.2, 0) is 19.1 Å². The van der Waals surface area contributed by atoms with Crippen LogP contribution in [0.25, 0.3) is 0 Å². The van der Waals surface area contributed by atoms with Crippen molar-refractivity contribution in [3.63, 3.8) is 0 Å². The molecule has 0 saturated carbocycles. The summed E-state index contributed by atoms with van der Waals surface area (Å²) in [7, 11) is 1.33. The van der Waals surface area contributed by atoms with Gasteiger partial charge in [0.05, 0.1) is 13.7 Å². The van der Waals surface area contributed by atoms with Crippen LogP contribution in [0, 0.1) is 5.92 Å². The van der Waals surface area contributed by atoms with Crippen LogP contribution >= 0.6 is 0 Å². The fourth-order valence-corrected chi connectivity index (χ4v) is 2.49. The van der Waals surface area contributed by atoms with Crippen LogP contribution < -0.4 is 0 Å². The Labute approximate surface area is 119 Å². The molecule has 1 aliphatic carbocycles. The van der Waals surface area contributed by atoms with Gasteiger partial charge in [0.2, 0.25) is 0 Å². The van der Waals surface area contributed by atoms with Gasteiger partial charge in [-0.25, -0.2) is 4.79 Å². The average molecular weight is 279 g/mol. The number of nitrogens with zero attached hydrogens (tertiary/aromatic N) is 1. The number of methoxy groups -OCH3 is 1. The lowest BCUT2D eigenvalue weighted by atomic mass is 9.96. The number of amides is 1. The van der Waals surface area contributed by atoms with Crippen molar-refractivity contribution < 1.29 is 19.1 Å². The van der Waals surface area contributed by atoms with Crippen LogP contribution in [-0.4, -0.2) is 48.7 Å². The van der Waals surface area contributed by atoms with Gasteiger partial charge in [-0.05, 0) is 26.2 Å². The summed E-state index contributed by atoms with van der Waals surface area (Å²) in [6, 6.07) is -0.653. The zero-order valence-corrected chi connectivity index (χ0v) is 12.2. The molecule has 2 aliphatic rings. The molecule has 0 aromatic carbocycles. The number of allylic oxidation sites excluding steroid dienone is 3. The lowest BCUT2D eigenvalue weighted by molar-refractivity contribution is -0.184. The fraction of sp³-hybridized carbons (Fsp3) is 0.600. The largest absolute Gasteiger partial charge is 0.467 e. The molecule has 0 spiro atoms. The van der Waals surface area contributed by atoms with Gasteiger partial charge in [0, 0.05) is 6.54 Å². The van der Waals surface area contributed by atoms with Crippen molar-refractivity contribution in [2.45, 2.75) is 31.9 Å². The number of rotatable bonds is 3. The third-order valence-electron chi connectivity index (χ3n) is 3.73. The van der Waals surface area contributed by atoms with E-state index in [-0.39, 0.29) is 18.4 Å². The number of carbonyl (C=O) groups is 2. The smallest absolute Gasteiger partial charge is 0.331 e. The predicted octanol–water partition coefficient (Wildman–Crippen LogP) is 1.30. The summed E-state index contributed by atoms with van der Waals surface area (Å²) in [6.07, 6.45) is 8.95. The van der Waals surface area contributed by atoms with E-state index in [4.69, 9.17) is 9.47 Å². The first-order chi connectivity index (χ1) is 9.45. The molecule has 2 unspecified atom stereocenters. The molecule has 20 heavy (non-hydrogen) atoms. The summed E-state index contributed by atoms with van der Waals surface area (Å²) < 4.78 is 10.3. The van der Waals surface area contributed by atoms with E-state index >= 15 is 0 Å². The molecule has 110 valence electrons. The van der Waals surface area contributed by atoms with Gasteiger partial charge in [0.25, 0.3) is 5.91 Å². The molecule has 2 atom stereocenters. The van der Waals surface area contributed by atoms with E-state index in [1.54, 1.807) is 18.7 Å². The Bertz CT molecular complexity index is 453. The summed E-state index contributed by atoms with van der Waals surface area (Å²) in [4.78, 5) is 26.0. The van der Waals surface area contributed by atoms with Gasteiger partial charge in [0.15, 0.2) is 6.04 Å². The molecule has 0 bridgehead atoms. The molecule has 0 aromatic rings. The van der Waals surface area contributed by atoms with E-state index in [1.165, 1.54) is 7.11 Å². The van der Waals surface area contributed by atoms with E-state index in [0.717, 1.165) is 6.42 Å². The Balaban J connectivity index is 2.16. The Morgan fingerprint density at radius 3 is 2.85 bits per heavy atom. The maximum Gasteiger partial charge on any atom is 0.331 e. The van der Waals surface area contributed by atoms with Crippen LogP contribution in [0.4, 0.5) is 0 Å². The summed E-state index contributed by atoms with van der Waals surface area (Å²) in [5.41, 5.74) is -0.890. The van der Waals surface area contributed by atoms with Crippen molar-refractivity contribution in [1.29, 1.82) is 0 Å². The minimum absolute atomic E-state index is 0.165. The highest BCUT2D eigenvalue weighted by Crippen LogP contribution is 2.25. The minimum atomic E-state index is -0.890. The molecule has 1 fully saturated rings. The Morgan fingerprint density at radius 2 is 2.25 bits per heavy atom. The van der Waals surface area contributed by atoms with Crippen molar-refractivity contribution in [2.24, 2.45) is 5.92 Å². The highest BCUT2D eigenvalue weighted by atomic mass is 16.5. The predicted molar refractivity (Wildman–Crippen MR) is 73.9 cm³/mol. The second-order valence-electron chi connectivity index (χ2n) is 5.63. The number of carbonyl (C=O) groups excluding carboxylic acids is 2. The van der Waals surface area contributed by atoms with Gasteiger partial charge < -0.3 is 14.4 Å². The first-order valence-corrected chi connectivity index (χ1v) is 6.82. The number of morpholine rings is 1. The van der Waals surface area contributed by atoms with Crippen LogP contribution in [0.1, 0.15) is 20.3 Å². The van der Waals surface area contributed by atoms with Crippen LogP contribution in [0.5, 0.6) is 0 Å². The second kappa shape index (κ2) is 5.79. The van der Waals surface area contributed by atoms with E-state index in [2.05, 4.69) is 12.2 Å². The van der Waals surface area contributed by atoms with Crippen molar-refractivity contribution in [2.75, 3.05) is 20.3 Å². The Hall–Kier alpha value is -1.62. The topological polar surface area (TPSA) is 55.8 Å². The van der Waals surface area contributed by atoms with Crippen molar-refractivity contribution >= 4 is 11.9 Å². The molecule has 0 aromatic heterocycles. The van der Waals surface area contributed by atoms with Gasteiger partial charge >= 0.3 is 5.97 Å². The van der Waals surface area contributed by atoms with E-state index < -0.39 is 17.6 Å². The zero-order valence-electron chi connectivity index (χ0n) is 12.2. The second-order valence-corrected chi connectivity index (χ2v) is 5.63. The molecular formula is C15H21NO4. The first-order valence-electron chi connectivity index (χ1n) is 6.82. The monoisotopic (exact) mass is 279 g/mol. The molecule has 1 heterocycles. The minimum Gasteiger partial charge on any atom is -0.467 e. The van der Waals surface area contributed by atoms with E-state index in [9.17, 15) is 9.59 Å². The molecule has 5 nitrogen and oxygen atoms in total. The van der Waals surface area contributed by atoms with Gasteiger partial charge in [-0.1, -0.05) is 24.3 Å². The molecular weight excluding hydrogens is 258 g/mol. The van der Waals surface area contributed by atoms with Crippen molar-refractivity contribution in [3.8, 4) is 0 Å². The molecule has 0 N–H and O–H groups in total. The number of ether oxygens (including phenoxy) is 2. The fourth-order valence-electron chi connectivity index (χ4n) is 2.49. The highest BCUT2D eigenvalue weighted by Gasteiger charge is 2.45. The van der Waals surface area contributed by atoms with Crippen molar-refractivity contribution in [1.82, 2.24) is 4.90 Å². The molecule has 2 rings (SSSR count). The molecule has 1 aliphatic heterocycles. The maximum atomic E-state index is 12.5. The number of hydrogen-bond acceptors (Lipinski definition) is 4. The Morgan fingerprint density at radius 1 is 1.50 bits per heavy atom.